The van der Waals surface area contributed by atoms with E-state index in [-0.39, 0.29) is 0 Å². The van der Waals surface area contributed by atoms with Gasteiger partial charge in [0.25, 0.3) is 0 Å². The Morgan fingerprint density at radius 2 is 1.20 bits per heavy atom. The molecular weight excluding hydrogens is 366 g/mol. The summed E-state index contributed by atoms with van der Waals surface area (Å²) in [7, 11) is 0. The number of nitrogens with zero attached hydrogens (tertiary/aromatic N) is 1. The molecule has 0 fully saturated rings. The highest BCUT2D eigenvalue weighted by molar-refractivity contribution is 5.97. The highest BCUT2D eigenvalue weighted by Crippen LogP contribution is 2.40. The predicted molar refractivity (Wildman–Crippen MR) is 124 cm³/mol. The number of hydrogen-bond acceptors (Lipinski definition) is 1. The van der Waals surface area contributed by atoms with Crippen LogP contribution in [-0.2, 0) is 0 Å². The van der Waals surface area contributed by atoms with Crippen LogP contribution in [0, 0.1) is 0 Å². The number of hydrogen-bond donors (Lipinski definition) is 2. The molecule has 0 unspecified atom stereocenters. The molecule has 0 aliphatic rings. The molecule has 3 aromatic carbocycles. The van der Waals surface area contributed by atoms with Crippen molar-refractivity contribution in [2.75, 3.05) is 0 Å². The van der Waals surface area contributed by atoms with Crippen molar-refractivity contribution in [1.82, 2.24) is 15.0 Å². The van der Waals surface area contributed by atoms with Crippen molar-refractivity contribution in [3.63, 3.8) is 0 Å². The van der Waals surface area contributed by atoms with Crippen LogP contribution in [0.5, 0.6) is 0 Å². The monoisotopic (exact) mass is 385 g/mol. The highest BCUT2D eigenvalue weighted by Gasteiger charge is 2.15. The number of benzene rings is 3. The van der Waals surface area contributed by atoms with E-state index in [0.29, 0.717) is 0 Å². The van der Waals surface area contributed by atoms with Gasteiger partial charge in [0.05, 0.1) is 5.69 Å². The first-order valence-corrected chi connectivity index (χ1v) is 10.1. The van der Waals surface area contributed by atoms with Gasteiger partial charge in [0.1, 0.15) is 0 Å². The summed E-state index contributed by atoms with van der Waals surface area (Å²) in [6.45, 7) is 0. The molecule has 6 aromatic rings. The number of fused-ring (bicyclic) bond motifs is 2. The highest BCUT2D eigenvalue weighted by atomic mass is 14.7. The molecule has 3 nitrogen and oxygen atoms in total. The van der Waals surface area contributed by atoms with Crippen molar-refractivity contribution in [2.45, 2.75) is 0 Å². The molecule has 0 aliphatic carbocycles. The van der Waals surface area contributed by atoms with Gasteiger partial charge >= 0.3 is 0 Å². The van der Waals surface area contributed by atoms with Crippen LogP contribution in [0.25, 0.3) is 55.3 Å². The molecule has 0 amide bonds. The first-order valence-electron chi connectivity index (χ1n) is 10.1. The van der Waals surface area contributed by atoms with Crippen LogP contribution >= 0.6 is 0 Å². The third-order valence-corrected chi connectivity index (χ3v) is 5.72. The van der Waals surface area contributed by atoms with Gasteiger partial charge in [0.15, 0.2) is 0 Å². The second kappa shape index (κ2) is 6.75. The van der Waals surface area contributed by atoms with Crippen LogP contribution in [0.15, 0.2) is 104 Å². The predicted octanol–water partition coefficient (Wildman–Crippen LogP) is 7.05. The van der Waals surface area contributed by atoms with E-state index in [0.717, 1.165) is 22.3 Å². The molecule has 6 rings (SSSR count). The third-order valence-electron chi connectivity index (χ3n) is 5.72. The fourth-order valence-corrected chi connectivity index (χ4v) is 4.25. The number of nitrogens with one attached hydrogen (secondary N) is 2. The van der Waals surface area contributed by atoms with Gasteiger partial charge < -0.3 is 9.97 Å². The standard InChI is InChI=1S/C27H19N3/c1-2-13-28-24(6-1)27-22(20-9-7-18-11-14-29-25(18)16-20)4-3-5-23(27)21-10-8-19-12-15-30-26(19)17-21/h1-17,29-30H. The minimum Gasteiger partial charge on any atom is -0.361 e. The zero-order valence-corrected chi connectivity index (χ0v) is 16.3. The fraction of sp³-hybridized carbons (Fsp3) is 0. The van der Waals surface area contributed by atoms with Crippen molar-refractivity contribution >= 4 is 21.8 Å². The summed E-state index contributed by atoms with van der Waals surface area (Å²) in [6, 6.07) is 29.9. The molecule has 30 heavy (non-hydrogen) atoms. The van der Waals surface area contributed by atoms with Crippen LogP contribution in [-0.4, -0.2) is 15.0 Å². The summed E-state index contributed by atoms with van der Waals surface area (Å²) in [6.07, 6.45) is 5.82. The summed E-state index contributed by atoms with van der Waals surface area (Å²) < 4.78 is 0. The summed E-state index contributed by atoms with van der Waals surface area (Å²) >= 11 is 0. The summed E-state index contributed by atoms with van der Waals surface area (Å²) in [4.78, 5) is 11.4. The maximum Gasteiger partial charge on any atom is 0.0714 e. The van der Waals surface area contributed by atoms with Crippen molar-refractivity contribution in [2.24, 2.45) is 0 Å². The molecule has 2 N–H and O–H groups in total. The minimum absolute atomic E-state index is 0.973. The molecular formula is C27H19N3. The van der Waals surface area contributed by atoms with Crippen molar-refractivity contribution in [3.05, 3.63) is 104 Å². The SMILES string of the molecule is c1ccc(-c2c(-c3ccc4cc[nH]c4c3)cccc2-c2ccc3cc[nH]c3c2)nc1. The molecule has 3 aromatic heterocycles. The van der Waals surface area contributed by atoms with Gasteiger partial charge in [-0.05, 0) is 69.4 Å². The van der Waals surface area contributed by atoms with E-state index in [1.54, 1.807) is 0 Å². The van der Waals surface area contributed by atoms with E-state index in [1.807, 2.05) is 30.7 Å². The molecule has 0 spiro atoms. The van der Waals surface area contributed by atoms with E-state index in [2.05, 4.69) is 82.8 Å². The number of pyridine rings is 1. The molecule has 0 aliphatic heterocycles. The Bertz CT molecular complexity index is 1400. The van der Waals surface area contributed by atoms with Crippen LogP contribution in [0.1, 0.15) is 0 Å². The Labute approximate surface area is 174 Å². The van der Waals surface area contributed by atoms with Crippen molar-refractivity contribution in [1.29, 1.82) is 0 Å². The van der Waals surface area contributed by atoms with Crippen LogP contribution in [0.4, 0.5) is 0 Å². The van der Waals surface area contributed by atoms with Gasteiger partial charge in [0.2, 0.25) is 0 Å². The Hall–Kier alpha value is -4.11. The van der Waals surface area contributed by atoms with Crippen LogP contribution in [0.3, 0.4) is 0 Å². The lowest BCUT2D eigenvalue weighted by molar-refractivity contribution is 1.33. The summed E-state index contributed by atoms with van der Waals surface area (Å²) in [5.41, 5.74) is 9.09. The van der Waals surface area contributed by atoms with Crippen LogP contribution in [0.2, 0.25) is 0 Å². The quantitative estimate of drug-likeness (QED) is 0.337. The first kappa shape index (κ1) is 16.8. The molecule has 0 atom stereocenters. The Kier molecular flexibility index (Phi) is 3.78. The number of H-pyrrole nitrogens is 2. The molecule has 142 valence electrons. The van der Waals surface area contributed by atoms with Gasteiger partial charge in [-0.15, -0.1) is 0 Å². The lowest BCUT2D eigenvalue weighted by Gasteiger charge is -2.16. The van der Waals surface area contributed by atoms with Crippen LogP contribution < -0.4 is 0 Å². The van der Waals surface area contributed by atoms with Gasteiger partial charge in [-0.25, -0.2) is 0 Å². The number of aromatic amines is 2. The lowest BCUT2D eigenvalue weighted by atomic mass is 9.89. The molecule has 3 heteroatoms. The van der Waals surface area contributed by atoms with Gasteiger partial charge in [-0.2, -0.15) is 0 Å². The van der Waals surface area contributed by atoms with Gasteiger partial charge in [-0.1, -0.05) is 48.5 Å². The largest absolute Gasteiger partial charge is 0.361 e. The maximum atomic E-state index is 4.71. The minimum atomic E-state index is 0.973. The Morgan fingerprint density at radius 3 is 1.77 bits per heavy atom. The Balaban J connectivity index is 1.64. The second-order valence-corrected chi connectivity index (χ2v) is 7.50. The fourth-order valence-electron chi connectivity index (χ4n) is 4.25. The topological polar surface area (TPSA) is 44.5 Å². The van der Waals surface area contributed by atoms with Gasteiger partial charge in [-0.3, -0.25) is 4.98 Å². The molecule has 0 bridgehead atoms. The van der Waals surface area contributed by atoms with Crippen molar-refractivity contribution in [3.8, 4) is 33.5 Å². The van der Waals surface area contributed by atoms with Gasteiger partial charge in [0, 0.05) is 35.2 Å². The Morgan fingerprint density at radius 1 is 0.567 bits per heavy atom. The molecule has 0 radical (unpaired) electrons. The van der Waals surface area contributed by atoms with E-state index in [1.165, 1.54) is 33.0 Å². The zero-order chi connectivity index (χ0) is 19.9. The first-order chi connectivity index (χ1) is 14.9. The summed E-state index contributed by atoms with van der Waals surface area (Å²) in [5.74, 6) is 0. The normalized spacial score (nSPS) is 11.3. The molecule has 0 saturated carbocycles. The molecule has 0 saturated heterocycles. The van der Waals surface area contributed by atoms with E-state index in [9.17, 15) is 0 Å². The number of rotatable bonds is 3. The average molecular weight is 385 g/mol. The third kappa shape index (κ3) is 2.72. The van der Waals surface area contributed by atoms with E-state index < -0.39 is 0 Å². The smallest absolute Gasteiger partial charge is 0.0714 e. The second-order valence-electron chi connectivity index (χ2n) is 7.50. The molecule has 3 heterocycles. The van der Waals surface area contributed by atoms with Crippen molar-refractivity contribution < 1.29 is 0 Å². The lowest BCUT2D eigenvalue weighted by Crippen LogP contribution is -1.92. The summed E-state index contributed by atoms with van der Waals surface area (Å²) in [5, 5.41) is 2.43. The van der Waals surface area contributed by atoms with E-state index >= 15 is 0 Å². The maximum absolute atomic E-state index is 4.71. The zero-order valence-electron chi connectivity index (χ0n) is 16.3. The van der Waals surface area contributed by atoms with E-state index in [4.69, 9.17) is 4.98 Å². The number of aromatic nitrogens is 3. The average Bonchev–Trinajstić information content (AvgIpc) is 3.47.